The highest BCUT2D eigenvalue weighted by Gasteiger charge is 2.50. The molecule has 24 heavy (non-hydrogen) atoms. The number of ether oxygens (including phenoxy) is 1. The maximum Gasteiger partial charge on any atom is 0.178 e. The number of carbonyl (C=O) groups excluding carboxylic acids is 1. The molecule has 128 valence electrons. The van der Waals surface area contributed by atoms with E-state index in [9.17, 15) is 4.79 Å². The van der Waals surface area contributed by atoms with Gasteiger partial charge in [-0.2, -0.15) is 5.10 Å². The molecule has 2 aromatic rings. The fourth-order valence-corrected chi connectivity index (χ4v) is 3.00. The molecule has 5 nitrogen and oxygen atoms in total. The molecule has 7 heteroatoms. The molecule has 1 atom stereocenters. The van der Waals surface area contributed by atoms with Crippen LogP contribution in [-0.2, 0) is 4.79 Å². The Kier molecular flexibility index (Phi) is 5.41. The molecular weight excluding hydrogens is 349 g/mol. The van der Waals surface area contributed by atoms with Gasteiger partial charge in [0, 0.05) is 5.02 Å². The molecule has 1 aliphatic rings. The van der Waals surface area contributed by atoms with Gasteiger partial charge in [0.15, 0.2) is 5.78 Å². The van der Waals surface area contributed by atoms with E-state index < -0.39 is 4.87 Å². The van der Waals surface area contributed by atoms with Crippen molar-refractivity contribution in [2.24, 2.45) is 0 Å². The van der Waals surface area contributed by atoms with Crippen LogP contribution in [0.4, 0.5) is 0 Å². The molecule has 1 aliphatic carbocycles. The summed E-state index contributed by atoms with van der Waals surface area (Å²) < 4.78 is 7.28. The third kappa shape index (κ3) is 4.28. The van der Waals surface area contributed by atoms with Crippen LogP contribution < -0.4 is 4.74 Å². The van der Waals surface area contributed by atoms with Crippen LogP contribution in [-0.4, -0.2) is 32.0 Å². The molecule has 0 bridgehead atoms. The number of benzene rings is 1. The van der Waals surface area contributed by atoms with Gasteiger partial charge in [0.2, 0.25) is 0 Å². The topological polar surface area (TPSA) is 57.0 Å². The first kappa shape index (κ1) is 17.2. The lowest BCUT2D eigenvalue weighted by atomic mass is 10.0. The van der Waals surface area contributed by atoms with Crippen molar-refractivity contribution in [1.29, 1.82) is 0 Å². The number of ketones is 1. The molecule has 3 rings (SSSR count). The summed E-state index contributed by atoms with van der Waals surface area (Å²) in [6.45, 7) is 0.574. The summed E-state index contributed by atoms with van der Waals surface area (Å²) in [5.74, 6) is 0.800. The second-order valence-electron chi connectivity index (χ2n) is 6.02. The number of alkyl halides is 1. The van der Waals surface area contributed by atoms with Crippen molar-refractivity contribution in [3.8, 4) is 5.75 Å². The number of halogens is 2. The highest BCUT2D eigenvalue weighted by atomic mass is 35.5. The number of Topliss-reactive ketones (excluding diaryl/α,β-unsaturated/α-hetero) is 1. The summed E-state index contributed by atoms with van der Waals surface area (Å²) in [6.07, 6.45) is 6.86. The molecule has 1 aromatic heterocycles. The standard InChI is InChI=1S/C17H19Cl2N3O2/c18-13-4-3-5-14(10-13)24-9-2-1-6-15(22-12-20-11-21-22)16(23)17(19)7-8-17/h3-5,10-12,15H,1-2,6-9H2. The van der Waals surface area contributed by atoms with Gasteiger partial charge in [-0.3, -0.25) is 4.79 Å². The number of rotatable bonds is 9. The van der Waals surface area contributed by atoms with Crippen LogP contribution in [0.15, 0.2) is 36.9 Å². The first-order valence-electron chi connectivity index (χ1n) is 8.04. The SMILES string of the molecule is O=C(C(CCCCOc1cccc(Cl)c1)n1cncn1)C1(Cl)CC1. The first-order chi connectivity index (χ1) is 11.6. The minimum atomic E-state index is -0.687. The summed E-state index contributed by atoms with van der Waals surface area (Å²) in [4.78, 5) is 15.8. The lowest BCUT2D eigenvalue weighted by Crippen LogP contribution is -2.29. The average Bonchev–Trinajstić information content (AvgIpc) is 3.10. The van der Waals surface area contributed by atoms with E-state index in [1.165, 1.54) is 6.33 Å². The fourth-order valence-electron chi connectivity index (χ4n) is 2.60. The Morgan fingerprint density at radius 2 is 2.21 bits per heavy atom. The molecule has 0 saturated heterocycles. The zero-order chi connectivity index (χ0) is 17.0. The summed E-state index contributed by atoms with van der Waals surface area (Å²) in [5.41, 5.74) is 0. The summed E-state index contributed by atoms with van der Waals surface area (Å²) >= 11 is 12.2. The normalized spacial score (nSPS) is 16.6. The van der Waals surface area contributed by atoms with Crippen LogP contribution in [0, 0.1) is 0 Å². The lowest BCUT2D eigenvalue weighted by molar-refractivity contribution is -0.123. The Hall–Kier alpha value is -1.59. The summed E-state index contributed by atoms with van der Waals surface area (Å²) in [5, 5.41) is 4.77. The second kappa shape index (κ2) is 7.53. The minimum Gasteiger partial charge on any atom is -0.494 e. The third-order valence-corrected chi connectivity index (χ3v) is 4.93. The van der Waals surface area contributed by atoms with Crippen LogP contribution in [0.2, 0.25) is 5.02 Å². The number of hydrogen-bond donors (Lipinski definition) is 0. The van der Waals surface area contributed by atoms with Gasteiger partial charge in [0.1, 0.15) is 29.3 Å². The molecule has 1 saturated carbocycles. The second-order valence-corrected chi connectivity index (χ2v) is 7.18. The smallest absolute Gasteiger partial charge is 0.178 e. The van der Waals surface area contributed by atoms with Gasteiger partial charge in [-0.25, -0.2) is 9.67 Å². The lowest BCUT2D eigenvalue weighted by Gasteiger charge is -2.18. The monoisotopic (exact) mass is 367 g/mol. The Morgan fingerprint density at radius 3 is 2.88 bits per heavy atom. The molecule has 0 N–H and O–H groups in total. The zero-order valence-electron chi connectivity index (χ0n) is 13.2. The van der Waals surface area contributed by atoms with Crippen LogP contribution in [0.25, 0.3) is 0 Å². The largest absolute Gasteiger partial charge is 0.494 e. The van der Waals surface area contributed by atoms with E-state index >= 15 is 0 Å². The minimum absolute atomic E-state index is 0.0467. The van der Waals surface area contributed by atoms with Crippen LogP contribution in [0.5, 0.6) is 5.75 Å². The molecular formula is C17H19Cl2N3O2. The Labute approximate surface area is 150 Å². The van der Waals surface area contributed by atoms with Crippen LogP contribution in [0.1, 0.15) is 38.1 Å². The first-order valence-corrected chi connectivity index (χ1v) is 8.80. The molecule has 0 aliphatic heterocycles. The number of unbranched alkanes of at least 4 members (excludes halogenated alkanes) is 1. The van der Waals surface area contributed by atoms with Crippen molar-refractivity contribution in [1.82, 2.24) is 14.8 Å². The third-order valence-electron chi connectivity index (χ3n) is 4.13. The predicted octanol–water partition coefficient (Wildman–Crippen LogP) is 4.06. The predicted molar refractivity (Wildman–Crippen MR) is 92.7 cm³/mol. The van der Waals surface area contributed by atoms with Crippen molar-refractivity contribution in [3.05, 3.63) is 41.9 Å². The molecule has 1 aromatic carbocycles. The average molecular weight is 368 g/mol. The molecule has 0 spiro atoms. The van der Waals surface area contributed by atoms with E-state index in [-0.39, 0.29) is 11.8 Å². The van der Waals surface area contributed by atoms with Crippen molar-refractivity contribution in [3.63, 3.8) is 0 Å². The number of aromatic nitrogens is 3. The maximum atomic E-state index is 12.6. The summed E-state index contributed by atoms with van der Waals surface area (Å²) in [6, 6.07) is 6.97. The zero-order valence-corrected chi connectivity index (χ0v) is 14.7. The Morgan fingerprint density at radius 1 is 1.38 bits per heavy atom. The van der Waals surface area contributed by atoms with Crippen LogP contribution >= 0.6 is 23.2 Å². The van der Waals surface area contributed by atoms with Crippen molar-refractivity contribution < 1.29 is 9.53 Å². The highest BCUT2D eigenvalue weighted by molar-refractivity contribution is 6.38. The molecule has 1 fully saturated rings. The van der Waals surface area contributed by atoms with Gasteiger partial charge in [0.25, 0.3) is 0 Å². The van der Waals surface area contributed by atoms with Crippen molar-refractivity contribution in [2.75, 3.05) is 6.61 Å². The van der Waals surface area contributed by atoms with Crippen molar-refractivity contribution >= 4 is 29.0 Å². The van der Waals surface area contributed by atoms with E-state index in [4.69, 9.17) is 27.9 Å². The molecule has 1 unspecified atom stereocenters. The highest BCUT2D eigenvalue weighted by Crippen LogP contribution is 2.46. The van der Waals surface area contributed by atoms with Crippen molar-refractivity contribution in [2.45, 2.75) is 43.0 Å². The maximum absolute atomic E-state index is 12.6. The Balaban J connectivity index is 1.48. The van der Waals surface area contributed by atoms with E-state index in [0.29, 0.717) is 18.1 Å². The Bertz CT molecular complexity index is 687. The fraction of sp³-hybridized carbons (Fsp3) is 0.471. The molecule has 0 radical (unpaired) electrons. The van der Waals surface area contributed by atoms with Gasteiger partial charge in [-0.1, -0.05) is 17.7 Å². The van der Waals surface area contributed by atoms with Gasteiger partial charge < -0.3 is 4.74 Å². The van der Waals surface area contributed by atoms with E-state index in [0.717, 1.165) is 31.4 Å². The van der Waals surface area contributed by atoms with E-state index in [1.807, 2.05) is 18.2 Å². The van der Waals surface area contributed by atoms with E-state index in [1.54, 1.807) is 17.1 Å². The van der Waals surface area contributed by atoms with Gasteiger partial charge >= 0.3 is 0 Å². The van der Waals surface area contributed by atoms with E-state index in [2.05, 4.69) is 10.1 Å². The van der Waals surface area contributed by atoms with Gasteiger partial charge in [0.05, 0.1) is 6.61 Å². The number of carbonyl (C=O) groups is 1. The number of hydrogen-bond acceptors (Lipinski definition) is 4. The van der Waals surface area contributed by atoms with Crippen LogP contribution in [0.3, 0.4) is 0 Å². The quantitative estimate of drug-likeness (QED) is 0.495. The van der Waals surface area contributed by atoms with Gasteiger partial charge in [-0.15, -0.1) is 11.6 Å². The number of nitrogens with zero attached hydrogens (tertiary/aromatic N) is 3. The summed E-state index contributed by atoms with van der Waals surface area (Å²) in [7, 11) is 0. The molecule has 1 heterocycles. The molecule has 0 amide bonds. The van der Waals surface area contributed by atoms with Gasteiger partial charge in [-0.05, 0) is 50.3 Å².